The van der Waals surface area contributed by atoms with E-state index >= 15 is 0 Å². The van der Waals surface area contributed by atoms with E-state index < -0.39 is 0 Å². The van der Waals surface area contributed by atoms with Gasteiger partial charge in [-0.05, 0) is 31.4 Å². The molecular formula is C14H21N3O. The Morgan fingerprint density at radius 1 is 1.33 bits per heavy atom. The summed E-state index contributed by atoms with van der Waals surface area (Å²) < 4.78 is 5.24. The van der Waals surface area contributed by atoms with Crippen LogP contribution in [0, 0.1) is 0 Å². The predicted molar refractivity (Wildman–Crippen MR) is 74.0 cm³/mol. The Labute approximate surface area is 108 Å². The van der Waals surface area contributed by atoms with E-state index in [1.165, 1.54) is 25.8 Å². The second-order valence-corrected chi connectivity index (χ2v) is 5.31. The summed E-state index contributed by atoms with van der Waals surface area (Å²) >= 11 is 0. The number of nitrogen functional groups attached to an aromatic ring is 1. The Balaban J connectivity index is 1.65. The fraction of sp³-hybridized carbons (Fsp3) is 0.571. The molecule has 1 unspecified atom stereocenters. The van der Waals surface area contributed by atoms with Gasteiger partial charge in [-0.2, -0.15) is 0 Å². The summed E-state index contributed by atoms with van der Waals surface area (Å²) in [5.74, 6) is 0.851. The molecule has 0 bridgehead atoms. The minimum Gasteiger partial charge on any atom is -0.497 e. The summed E-state index contributed by atoms with van der Waals surface area (Å²) in [5.41, 5.74) is 7.79. The maximum Gasteiger partial charge on any atom is 0.121 e. The minimum absolute atomic E-state index is 0.514. The second-order valence-electron chi connectivity index (χ2n) is 5.31. The summed E-state index contributed by atoms with van der Waals surface area (Å²) in [4.78, 5) is 2.59. The molecule has 3 rings (SSSR count). The molecule has 98 valence electrons. The van der Waals surface area contributed by atoms with Gasteiger partial charge in [0.1, 0.15) is 5.75 Å². The van der Waals surface area contributed by atoms with E-state index in [1.807, 2.05) is 18.2 Å². The van der Waals surface area contributed by atoms with Crippen LogP contribution in [0.15, 0.2) is 18.2 Å². The molecule has 1 saturated carbocycles. The van der Waals surface area contributed by atoms with Gasteiger partial charge in [0.2, 0.25) is 0 Å². The molecule has 1 heterocycles. The van der Waals surface area contributed by atoms with Crippen molar-refractivity contribution in [2.45, 2.75) is 31.3 Å². The van der Waals surface area contributed by atoms with Crippen molar-refractivity contribution in [1.82, 2.24) is 4.90 Å². The van der Waals surface area contributed by atoms with E-state index in [2.05, 4.69) is 10.2 Å². The lowest BCUT2D eigenvalue weighted by atomic mass is 10.2. The molecule has 0 aromatic heterocycles. The first-order valence-electron chi connectivity index (χ1n) is 6.70. The van der Waals surface area contributed by atoms with Crippen LogP contribution in [0.4, 0.5) is 11.4 Å². The van der Waals surface area contributed by atoms with Gasteiger partial charge in [0.25, 0.3) is 0 Å². The zero-order chi connectivity index (χ0) is 12.5. The molecule has 18 heavy (non-hydrogen) atoms. The van der Waals surface area contributed by atoms with E-state index in [0.717, 1.165) is 29.7 Å². The van der Waals surface area contributed by atoms with E-state index in [9.17, 15) is 0 Å². The van der Waals surface area contributed by atoms with E-state index in [-0.39, 0.29) is 0 Å². The summed E-state index contributed by atoms with van der Waals surface area (Å²) in [7, 11) is 1.68. The third-order valence-electron chi connectivity index (χ3n) is 3.90. The van der Waals surface area contributed by atoms with Crippen LogP contribution in [0.5, 0.6) is 5.75 Å². The van der Waals surface area contributed by atoms with Crippen molar-refractivity contribution < 1.29 is 4.74 Å². The highest BCUT2D eigenvalue weighted by Gasteiger charge is 2.34. The number of ether oxygens (including phenoxy) is 1. The topological polar surface area (TPSA) is 50.5 Å². The maximum atomic E-state index is 6.00. The highest BCUT2D eigenvalue weighted by molar-refractivity contribution is 5.68. The van der Waals surface area contributed by atoms with Gasteiger partial charge >= 0.3 is 0 Å². The molecule has 1 aromatic rings. The minimum atomic E-state index is 0.514. The lowest BCUT2D eigenvalue weighted by Gasteiger charge is -2.18. The fourth-order valence-electron chi connectivity index (χ4n) is 2.68. The molecular weight excluding hydrogens is 226 g/mol. The average molecular weight is 247 g/mol. The first-order valence-corrected chi connectivity index (χ1v) is 6.70. The predicted octanol–water partition coefficient (Wildman–Crippen LogP) is 1.93. The molecule has 4 nitrogen and oxygen atoms in total. The third kappa shape index (κ3) is 2.38. The van der Waals surface area contributed by atoms with Crippen LogP contribution >= 0.6 is 0 Å². The van der Waals surface area contributed by atoms with Crippen molar-refractivity contribution in [2.24, 2.45) is 0 Å². The smallest absolute Gasteiger partial charge is 0.121 e. The van der Waals surface area contributed by atoms with E-state index in [4.69, 9.17) is 10.5 Å². The van der Waals surface area contributed by atoms with E-state index in [1.54, 1.807) is 7.11 Å². The quantitative estimate of drug-likeness (QED) is 0.798. The number of benzene rings is 1. The number of hydrogen-bond donors (Lipinski definition) is 2. The third-order valence-corrected chi connectivity index (χ3v) is 3.90. The van der Waals surface area contributed by atoms with Gasteiger partial charge in [-0.25, -0.2) is 0 Å². The molecule has 1 atom stereocenters. The van der Waals surface area contributed by atoms with Gasteiger partial charge < -0.3 is 15.8 Å². The van der Waals surface area contributed by atoms with Gasteiger partial charge in [-0.3, -0.25) is 4.90 Å². The van der Waals surface area contributed by atoms with E-state index in [0.29, 0.717) is 6.04 Å². The number of rotatable bonds is 4. The molecule has 1 aromatic carbocycles. The number of anilines is 2. The van der Waals surface area contributed by atoms with Crippen LogP contribution in [-0.4, -0.2) is 37.2 Å². The van der Waals surface area contributed by atoms with Crippen LogP contribution in [0.1, 0.15) is 19.3 Å². The summed E-state index contributed by atoms with van der Waals surface area (Å²) in [5, 5.41) is 3.55. The average Bonchev–Trinajstić information content (AvgIpc) is 3.13. The van der Waals surface area contributed by atoms with Gasteiger partial charge in [0.15, 0.2) is 0 Å². The van der Waals surface area contributed by atoms with Crippen molar-refractivity contribution >= 4 is 11.4 Å². The molecule has 2 fully saturated rings. The fourth-order valence-corrected chi connectivity index (χ4v) is 2.68. The number of nitrogens with zero attached hydrogens (tertiary/aromatic N) is 1. The molecule has 0 spiro atoms. The van der Waals surface area contributed by atoms with Crippen molar-refractivity contribution in [1.29, 1.82) is 0 Å². The number of hydrogen-bond acceptors (Lipinski definition) is 4. The van der Waals surface area contributed by atoms with Gasteiger partial charge in [-0.15, -0.1) is 0 Å². The summed E-state index contributed by atoms with van der Waals surface area (Å²) in [6.45, 7) is 2.35. The highest BCUT2D eigenvalue weighted by atomic mass is 16.5. The van der Waals surface area contributed by atoms with Gasteiger partial charge in [0.05, 0.1) is 18.5 Å². The van der Waals surface area contributed by atoms with Crippen molar-refractivity contribution in [3.05, 3.63) is 18.2 Å². The molecule has 1 aliphatic carbocycles. The Bertz CT molecular complexity index is 431. The standard InChI is InChI=1S/C14H21N3O/c1-18-12-4-5-13(15)14(8-12)16-10-6-7-17(9-10)11-2-3-11/h4-5,8,10-11,16H,2-3,6-7,9,15H2,1H3. The molecule has 1 aliphatic heterocycles. The Hall–Kier alpha value is -1.42. The first-order chi connectivity index (χ1) is 8.76. The second kappa shape index (κ2) is 4.69. The van der Waals surface area contributed by atoms with Crippen LogP contribution in [0.25, 0.3) is 0 Å². The zero-order valence-electron chi connectivity index (χ0n) is 10.9. The first kappa shape index (κ1) is 11.7. The van der Waals surface area contributed by atoms with Crippen molar-refractivity contribution in [2.75, 3.05) is 31.2 Å². The monoisotopic (exact) mass is 247 g/mol. The normalized spacial score (nSPS) is 24.2. The maximum absolute atomic E-state index is 6.00. The Morgan fingerprint density at radius 3 is 2.89 bits per heavy atom. The van der Waals surface area contributed by atoms with Crippen molar-refractivity contribution in [3.8, 4) is 5.75 Å². The van der Waals surface area contributed by atoms with Crippen LogP contribution in [-0.2, 0) is 0 Å². The SMILES string of the molecule is COc1ccc(N)c(NC2CCN(C3CC3)C2)c1. The lowest BCUT2D eigenvalue weighted by molar-refractivity contribution is 0.326. The Kier molecular flexibility index (Phi) is 3.04. The lowest BCUT2D eigenvalue weighted by Crippen LogP contribution is -2.27. The van der Waals surface area contributed by atoms with Crippen LogP contribution < -0.4 is 15.8 Å². The molecule has 3 N–H and O–H groups in total. The molecule has 0 amide bonds. The van der Waals surface area contributed by atoms with Gasteiger partial charge in [0, 0.05) is 31.2 Å². The Morgan fingerprint density at radius 2 is 2.17 bits per heavy atom. The molecule has 4 heteroatoms. The number of nitrogens with one attached hydrogen (secondary N) is 1. The van der Waals surface area contributed by atoms with Crippen molar-refractivity contribution in [3.63, 3.8) is 0 Å². The van der Waals surface area contributed by atoms with Crippen LogP contribution in [0.2, 0.25) is 0 Å². The molecule has 2 aliphatic rings. The van der Waals surface area contributed by atoms with Crippen LogP contribution in [0.3, 0.4) is 0 Å². The number of methoxy groups -OCH3 is 1. The largest absolute Gasteiger partial charge is 0.497 e. The summed E-state index contributed by atoms with van der Waals surface area (Å²) in [6, 6.07) is 7.15. The number of likely N-dealkylation sites (tertiary alicyclic amines) is 1. The number of nitrogens with two attached hydrogens (primary N) is 1. The summed E-state index contributed by atoms with van der Waals surface area (Å²) in [6.07, 6.45) is 3.97. The molecule has 0 radical (unpaired) electrons. The van der Waals surface area contributed by atoms with Gasteiger partial charge in [-0.1, -0.05) is 0 Å². The molecule has 1 saturated heterocycles. The highest BCUT2D eigenvalue weighted by Crippen LogP contribution is 2.32. The zero-order valence-corrected chi connectivity index (χ0v) is 10.9.